The lowest BCUT2D eigenvalue weighted by Crippen LogP contribution is -2.32. The predicted octanol–water partition coefficient (Wildman–Crippen LogP) is 2.70. The molecule has 4 heteroatoms. The van der Waals surface area contributed by atoms with Crippen LogP contribution in [0.5, 0.6) is 0 Å². The van der Waals surface area contributed by atoms with E-state index < -0.39 is 0 Å². The Bertz CT molecular complexity index is 420. The van der Waals surface area contributed by atoms with Gasteiger partial charge in [-0.3, -0.25) is 0 Å². The summed E-state index contributed by atoms with van der Waals surface area (Å²) in [5.41, 5.74) is 2.77. The number of likely N-dealkylation sites (N-methyl/N-ethyl adjacent to an activating group) is 1. The zero-order valence-corrected chi connectivity index (χ0v) is 13.7. The third-order valence-corrected chi connectivity index (χ3v) is 4.33. The van der Waals surface area contributed by atoms with Gasteiger partial charge < -0.3 is 15.1 Å². The minimum atomic E-state index is 0.677. The molecule has 0 aliphatic carbocycles. The van der Waals surface area contributed by atoms with E-state index in [-0.39, 0.29) is 0 Å². The summed E-state index contributed by atoms with van der Waals surface area (Å²) in [5, 5.41) is 3.43. The molecule has 1 aromatic carbocycles. The van der Waals surface area contributed by atoms with Gasteiger partial charge in [0.25, 0.3) is 0 Å². The molecule has 1 aliphatic rings. The normalized spacial score (nSPS) is 19.4. The average molecular weight is 326 g/mol. The molecule has 1 aliphatic heterocycles. The molecule has 0 saturated carbocycles. The van der Waals surface area contributed by atoms with Gasteiger partial charge in [0.2, 0.25) is 0 Å². The van der Waals surface area contributed by atoms with Crippen LogP contribution < -0.4 is 10.2 Å². The standard InChI is InChI=1S/C15H24BrN3/c1-4-17-10-12-9-13(16)5-6-15(12)19-8-7-14(11-19)18(2)3/h5-6,9,14,17H,4,7-8,10-11H2,1-3H3. The highest BCUT2D eigenvalue weighted by Crippen LogP contribution is 2.28. The highest BCUT2D eigenvalue weighted by atomic mass is 79.9. The van der Waals surface area contributed by atoms with Crippen molar-refractivity contribution in [3.8, 4) is 0 Å². The summed E-state index contributed by atoms with van der Waals surface area (Å²) in [6.07, 6.45) is 1.25. The molecule has 1 fully saturated rings. The number of hydrogen-bond donors (Lipinski definition) is 1. The molecular weight excluding hydrogens is 302 g/mol. The Kier molecular flexibility index (Phi) is 5.25. The monoisotopic (exact) mass is 325 g/mol. The Balaban J connectivity index is 2.15. The highest BCUT2D eigenvalue weighted by Gasteiger charge is 2.25. The van der Waals surface area contributed by atoms with Crippen LogP contribution >= 0.6 is 15.9 Å². The molecule has 0 aromatic heterocycles. The van der Waals surface area contributed by atoms with Gasteiger partial charge in [0.05, 0.1) is 0 Å². The molecule has 2 rings (SSSR count). The van der Waals surface area contributed by atoms with Crippen molar-refractivity contribution in [1.29, 1.82) is 0 Å². The van der Waals surface area contributed by atoms with Crippen molar-refractivity contribution in [1.82, 2.24) is 10.2 Å². The fourth-order valence-electron chi connectivity index (χ4n) is 2.65. The number of anilines is 1. The lowest BCUT2D eigenvalue weighted by Gasteiger charge is -2.24. The molecule has 0 spiro atoms. The van der Waals surface area contributed by atoms with Crippen LogP contribution in [0.15, 0.2) is 22.7 Å². The lowest BCUT2D eigenvalue weighted by atomic mass is 10.1. The first kappa shape index (κ1) is 14.8. The zero-order valence-electron chi connectivity index (χ0n) is 12.1. The van der Waals surface area contributed by atoms with Gasteiger partial charge in [-0.05, 0) is 50.8 Å². The van der Waals surface area contributed by atoms with E-state index in [9.17, 15) is 0 Å². The average Bonchev–Trinajstić information content (AvgIpc) is 2.86. The van der Waals surface area contributed by atoms with Crippen molar-refractivity contribution >= 4 is 21.6 Å². The van der Waals surface area contributed by atoms with Crippen LogP contribution in [0.1, 0.15) is 18.9 Å². The van der Waals surface area contributed by atoms with E-state index in [0.717, 1.165) is 30.7 Å². The molecule has 3 nitrogen and oxygen atoms in total. The molecule has 0 radical (unpaired) electrons. The number of benzene rings is 1. The number of nitrogens with one attached hydrogen (secondary N) is 1. The SMILES string of the molecule is CCNCc1cc(Br)ccc1N1CCC(N(C)C)C1. The molecule has 1 saturated heterocycles. The molecular formula is C15H24BrN3. The second-order valence-corrected chi connectivity index (χ2v) is 6.32. The van der Waals surface area contributed by atoms with Crippen LogP contribution in [-0.2, 0) is 6.54 Å². The van der Waals surface area contributed by atoms with Gasteiger partial charge >= 0.3 is 0 Å². The molecule has 0 amide bonds. The Morgan fingerprint density at radius 1 is 1.42 bits per heavy atom. The van der Waals surface area contributed by atoms with E-state index in [1.54, 1.807) is 0 Å². The van der Waals surface area contributed by atoms with E-state index >= 15 is 0 Å². The maximum atomic E-state index is 3.58. The first-order valence-electron chi connectivity index (χ1n) is 7.02. The molecule has 1 unspecified atom stereocenters. The van der Waals surface area contributed by atoms with E-state index in [4.69, 9.17) is 0 Å². The molecule has 0 bridgehead atoms. The molecule has 1 atom stereocenters. The molecule has 106 valence electrons. The second kappa shape index (κ2) is 6.73. The van der Waals surface area contributed by atoms with Crippen molar-refractivity contribution in [2.45, 2.75) is 25.9 Å². The van der Waals surface area contributed by atoms with Crippen LogP contribution in [-0.4, -0.2) is 44.7 Å². The van der Waals surface area contributed by atoms with Gasteiger partial charge in [-0.25, -0.2) is 0 Å². The third kappa shape index (κ3) is 3.71. The maximum absolute atomic E-state index is 3.58. The molecule has 1 N–H and O–H groups in total. The topological polar surface area (TPSA) is 18.5 Å². The summed E-state index contributed by atoms with van der Waals surface area (Å²) in [6.45, 7) is 6.38. The lowest BCUT2D eigenvalue weighted by molar-refractivity contribution is 0.315. The summed E-state index contributed by atoms with van der Waals surface area (Å²) in [4.78, 5) is 4.85. The Morgan fingerprint density at radius 2 is 2.21 bits per heavy atom. The number of nitrogens with zero attached hydrogens (tertiary/aromatic N) is 2. The van der Waals surface area contributed by atoms with Crippen LogP contribution in [0.25, 0.3) is 0 Å². The number of rotatable bonds is 5. The smallest absolute Gasteiger partial charge is 0.0413 e. The molecule has 1 aromatic rings. The van der Waals surface area contributed by atoms with Crippen molar-refractivity contribution < 1.29 is 0 Å². The summed E-state index contributed by atoms with van der Waals surface area (Å²) in [6, 6.07) is 7.31. The second-order valence-electron chi connectivity index (χ2n) is 5.41. The van der Waals surface area contributed by atoms with Gasteiger partial charge in [0, 0.05) is 35.8 Å². The van der Waals surface area contributed by atoms with Crippen LogP contribution in [0.3, 0.4) is 0 Å². The van der Waals surface area contributed by atoms with Gasteiger partial charge in [-0.2, -0.15) is 0 Å². The van der Waals surface area contributed by atoms with Crippen LogP contribution in [0.4, 0.5) is 5.69 Å². The predicted molar refractivity (Wildman–Crippen MR) is 85.8 cm³/mol. The third-order valence-electron chi connectivity index (χ3n) is 3.84. The van der Waals surface area contributed by atoms with Gasteiger partial charge in [0.1, 0.15) is 0 Å². The Labute approximate surface area is 125 Å². The first-order valence-corrected chi connectivity index (χ1v) is 7.81. The largest absolute Gasteiger partial charge is 0.370 e. The summed E-state index contributed by atoms with van der Waals surface area (Å²) in [7, 11) is 4.35. The minimum absolute atomic E-state index is 0.677. The summed E-state index contributed by atoms with van der Waals surface area (Å²) < 4.78 is 1.16. The zero-order chi connectivity index (χ0) is 13.8. The number of hydrogen-bond acceptors (Lipinski definition) is 3. The summed E-state index contributed by atoms with van der Waals surface area (Å²) >= 11 is 3.58. The molecule has 1 heterocycles. The minimum Gasteiger partial charge on any atom is -0.370 e. The van der Waals surface area contributed by atoms with E-state index in [1.807, 2.05) is 0 Å². The Morgan fingerprint density at radius 3 is 2.84 bits per heavy atom. The first-order chi connectivity index (χ1) is 9.11. The van der Waals surface area contributed by atoms with Crippen molar-refractivity contribution in [3.05, 3.63) is 28.2 Å². The summed E-state index contributed by atoms with van der Waals surface area (Å²) in [5.74, 6) is 0. The fourth-order valence-corrected chi connectivity index (χ4v) is 3.05. The highest BCUT2D eigenvalue weighted by molar-refractivity contribution is 9.10. The van der Waals surface area contributed by atoms with Gasteiger partial charge in [-0.1, -0.05) is 22.9 Å². The van der Waals surface area contributed by atoms with Crippen molar-refractivity contribution in [2.75, 3.05) is 38.6 Å². The van der Waals surface area contributed by atoms with Gasteiger partial charge in [0.15, 0.2) is 0 Å². The maximum Gasteiger partial charge on any atom is 0.0413 e. The van der Waals surface area contributed by atoms with Crippen molar-refractivity contribution in [2.24, 2.45) is 0 Å². The quantitative estimate of drug-likeness (QED) is 0.898. The van der Waals surface area contributed by atoms with Crippen molar-refractivity contribution in [3.63, 3.8) is 0 Å². The van der Waals surface area contributed by atoms with Crippen LogP contribution in [0.2, 0.25) is 0 Å². The van der Waals surface area contributed by atoms with E-state index in [2.05, 4.69) is 70.3 Å². The molecule has 19 heavy (non-hydrogen) atoms. The number of halogens is 1. The van der Waals surface area contributed by atoms with E-state index in [0.29, 0.717) is 6.04 Å². The van der Waals surface area contributed by atoms with Crippen LogP contribution in [0, 0.1) is 0 Å². The Hall–Kier alpha value is -0.580. The fraction of sp³-hybridized carbons (Fsp3) is 0.600. The van der Waals surface area contributed by atoms with E-state index in [1.165, 1.54) is 17.7 Å². The van der Waals surface area contributed by atoms with Gasteiger partial charge in [-0.15, -0.1) is 0 Å².